The summed E-state index contributed by atoms with van der Waals surface area (Å²) in [6.07, 6.45) is 1.73. The Morgan fingerprint density at radius 1 is 1.13 bits per heavy atom. The summed E-state index contributed by atoms with van der Waals surface area (Å²) in [5.74, 6) is -1.10. The van der Waals surface area contributed by atoms with E-state index in [1.807, 2.05) is 48.2 Å². The summed E-state index contributed by atoms with van der Waals surface area (Å²) in [6, 6.07) is 12.3. The molecule has 7 heteroatoms. The van der Waals surface area contributed by atoms with Crippen LogP contribution in [0.3, 0.4) is 0 Å². The molecule has 1 aromatic heterocycles. The monoisotopic (exact) mass is 421 g/mol. The number of nitrogens with zero attached hydrogens (tertiary/aromatic N) is 2. The van der Waals surface area contributed by atoms with Gasteiger partial charge in [-0.1, -0.05) is 30.3 Å². The van der Waals surface area contributed by atoms with E-state index >= 15 is 0 Å². The maximum absolute atomic E-state index is 13.4. The lowest BCUT2D eigenvalue weighted by Gasteiger charge is -2.38. The van der Waals surface area contributed by atoms with Gasteiger partial charge in [0.05, 0.1) is 18.0 Å². The third-order valence-electron chi connectivity index (χ3n) is 6.96. The predicted molar refractivity (Wildman–Crippen MR) is 115 cm³/mol. The predicted octanol–water partition coefficient (Wildman–Crippen LogP) is 1.55. The number of nitrogens with one attached hydrogen (secondary N) is 1. The summed E-state index contributed by atoms with van der Waals surface area (Å²) < 4.78 is 1.72. The van der Waals surface area contributed by atoms with Crippen LogP contribution in [0.4, 0.5) is 0 Å². The number of rotatable bonds is 5. The van der Waals surface area contributed by atoms with Crippen molar-refractivity contribution in [2.24, 2.45) is 17.8 Å². The number of hydrogen-bond donors (Lipinski definition) is 2. The molecule has 2 amide bonds. The molecule has 1 saturated heterocycles. The lowest BCUT2D eigenvalue weighted by Crippen LogP contribution is -2.49. The van der Waals surface area contributed by atoms with Gasteiger partial charge < -0.3 is 19.9 Å². The van der Waals surface area contributed by atoms with Crippen molar-refractivity contribution < 1.29 is 14.7 Å². The normalized spacial score (nSPS) is 26.5. The second-order valence-corrected chi connectivity index (χ2v) is 8.75. The number of benzene rings is 1. The van der Waals surface area contributed by atoms with E-state index in [4.69, 9.17) is 0 Å². The summed E-state index contributed by atoms with van der Waals surface area (Å²) in [4.78, 5) is 41.5. The lowest BCUT2D eigenvalue weighted by atomic mass is 9.86. The highest BCUT2D eigenvalue weighted by molar-refractivity contribution is 5.86. The molecule has 0 unspecified atom stereocenters. The first-order valence-corrected chi connectivity index (χ1v) is 11.1. The molecule has 4 atom stereocenters. The number of amides is 2. The minimum absolute atomic E-state index is 0.000747. The van der Waals surface area contributed by atoms with Crippen molar-refractivity contribution in [1.82, 2.24) is 14.8 Å². The van der Waals surface area contributed by atoms with Gasteiger partial charge in [0.1, 0.15) is 0 Å². The molecule has 0 radical (unpaired) electrons. The Kier molecular flexibility index (Phi) is 4.93. The maximum atomic E-state index is 13.4. The summed E-state index contributed by atoms with van der Waals surface area (Å²) >= 11 is 0. The topological polar surface area (TPSA) is 91.6 Å². The number of pyridine rings is 1. The van der Waals surface area contributed by atoms with Crippen LogP contribution in [-0.2, 0) is 16.1 Å². The molecule has 2 aromatic rings. The van der Waals surface area contributed by atoms with Gasteiger partial charge in [-0.3, -0.25) is 14.4 Å². The first-order valence-electron chi connectivity index (χ1n) is 11.1. The Morgan fingerprint density at radius 3 is 2.52 bits per heavy atom. The Bertz CT molecular complexity index is 1080. The van der Waals surface area contributed by atoms with Gasteiger partial charge in [-0.2, -0.15) is 0 Å². The van der Waals surface area contributed by atoms with Gasteiger partial charge in [0.2, 0.25) is 11.8 Å². The zero-order valence-corrected chi connectivity index (χ0v) is 17.5. The second-order valence-electron chi connectivity index (χ2n) is 8.75. The second kappa shape index (κ2) is 7.64. The summed E-state index contributed by atoms with van der Waals surface area (Å²) in [5, 5.41) is 13.1. The highest BCUT2D eigenvalue weighted by Crippen LogP contribution is 2.50. The van der Waals surface area contributed by atoms with Crippen molar-refractivity contribution in [3.8, 4) is 11.1 Å². The number of carbonyl (C=O) groups excluding carboxylic acids is 2. The highest BCUT2D eigenvalue weighted by Gasteiger charge is 2.58. The quantitative estimate of drug-likeness (QED) is 0.766. The minimum Gasteiger partial charge on any atom is -0.396 e. The molecule has 0 spiro atoms. The van der Waals surface area contributed by atoms with Gasteiger partial charge in [-0.25, -0.2) is 0 Å². The van der Waals surface area contributed by atoms with Crippen molar-refractivity contribution >= 4 is 11.8 Å². The van der Waals surface area contributed by atoms with Crippen LogP contribution < -0.4 is 10.9 Å². The molecule has 162 valence electrons. The Hall–Kier alpha value is -2.93. The highest BCUT2D eigenvalue weighted by atomic mass is 16.3. The Morgan fingerprint density at radius 2 is 1.87 bits per heavy atom. The zero-order chi connectivity index (χ0) is 21.7. The van der Waals surface area contributed by atoms with Gasteiger partial charge in [-0.15, -0.1) is 0 Å². The van der Waals surface area contributed by atoms with E-state index in [1.165, 1.54) is 0 Å². The van der Waals surface area contributed by atoms with Crippen LogP contribution in [0.2, 0.25) is 0 Å². The fourth-order valence-corrected chi connectivity index (χ4v) is 5.38. The SMILES string of the molecule is CCNC(=O)[C@@H]1[C@@H](CO)[C@@H]2Cn3c(ccc(-c4ccccc4)c3=O)[C@H]1N2C(=O)C1CC1. The molecule has 2 aliphatic heterocycles. The smallest absolute Gasteiger partial charge is 0.258 e. The van der Waals surface area contributed by atoms with Crippen LogP contribution >= 0.6 is 0 Å². The molecule has 5 rings (SSSR count). The molecule has 31 heavy (non-hydrogen) atoms. The molecule has 2 bridgehead atoms. The van der Waals surface area contributed by atoms with E-state index < -0.39 is 17.9 Å². The van der Waals surface area contributed by atoms with Crippen LogP contribution in [0.1, 0.15) is 31.5 Å². The van der Waals surface area contributed by atoms with Gasteiger partial charge in [0.15, 0.2) is 0 Å². The van der Waals surface area contributed by atoms with Gasteiger partial charge in [0, 0.05) is 42.8 Å². The first kappa shape index (κ1) is 20.0. The largest absolute Gasteiger partial charge is 0.396 e. The third-order valence-corrected chi connectivity index (χ3v) is 6.96. The number of fused-ring (bicyclic) bond motifs is 4. The average Bonchev–Trinajstić information content (AvgIpc) is 3.59. The summed E-state index contributed by atoms with van der Waals surface area (Å²) in [6.45, 7) is 2.42. The van der Waals surface area contributed by atoms with Gasteiger partial charge >= 0.3 is 0 Å². The fourth-order valence-electron chi connectivity index (χ4n) is 5.38. The van der Waals surface area contributed by atoms with E-state index in [1.54, 1.807) is 10.6 Å². The Balaban J connectivity index is 1.65. The molecule has 2 N–H and O–H groups in total. The molecule has 2 fully saturated rings. The summed E-state index contributed by atoms with van der Waals surface area (Å²) in [5.41, 5.74) is 2.00. The Labute approximate surface area is 180 Å². The van der Waals surface area contributed by atoms with Crippen molar-refractivity contribution in [2.45, 2.75) is 38.4 Å². The number of carbonyl (C=O) groups is 2. The minimum atomic E-state index is -0.576. The molecule has 1 aromatic carbocycles. The van der Waals surface area contributed by atoms with Crippen LogP contribution in [0.5, 0.6) is 0 Å². The lowest BCUT2D eigenvalue weighted by molar-refractivity contribution is -0.138. The molecule has 3 heterocycles. The third kappa shape index (κ3) is 3.10. The van der Waals surface area contributed by atoms with E-state index in [9.17, 15) is 19.5 Å². The van der Waals surface area contributed by atoms with E-state index in [0.29, 0.717) is 24.3 Å². The average molecular weight is 421 g/mol. The number of aliphatic hydroxyl groups excluding tert-OH is 1. The summed E-state index contributed by atoms with van der Waals surface area (Å²) in [7, 11) is 0. The molecule has 7 nitrogen and oxygen atoms in total. The van der Waals surface area contributed by atoms with E-state index in [-0.39, 0.29) is 35.9 Å². The standard InChI is InChI=1S/C24H27N3O4/c1-2-25-22(29)20-17(13-28)19-12-26-18(21(20)27(19)23(30)15-8-9-15)11-10-16(24(26)31)14-6-4-3-5-7-14/h3-7,10-11,15,17,19-21,28H,2,8-9,12-13H2,1H3,(H,25,29)/t17-,19-,20+,21+/m0/s1. The van der Waals surface area contributed by atoms with Crippen molar-refractivity contribution in [3.05, 3.63) is 58.5 Å². The van der Waals surface area contributed by atoms with Crippen LogP contribution in [-0.4, -0.2) is 45.6 Å². The first-order chi connectivity index (χ1) is 15.1. The van der Waals surface area contributed by atoms with Crippen molar-refractivity contribution in [1.29, 1.82) is 0 Å². The van der Waals surface area contributed by atoms with E-state index in [0.717, 1.165) is 18.4 Å². The fraction of sp³-hybridized carbons (Fsp3) is 0.458. The maximum Gasteiger partial charge on any atom is 0.258 e. The number of aromatic nitrogens is 1. The van der Waals surface area contributed by atoms with Crippen molar-refractivity contribution in [2.75, 3.05) is 13.2 Å². The van der Waals surface area contributed by atoms with Gasteiger partial charge in [-0.05, 0) is 37.5 Å². The molecule has 1 aliphatic carbocycles. The van der Waals surface area contributed by atoms with Crippen molar-refractivity contribution in [3.63, 3.8) is 0 Å². The van der Waals surface area contributed by atoms with Crippen LogP contribution in [0.25, 0.3) is 11.1 Å². The molecule has 1 saturated carbocycles. The molecular formula is C24H27N3O4. The number of hydrogen-bond acceptors (Lipinski definition) is 4. The van der Waals surface area contributed by atoms with E-state index in [2.05, 4.69) is 5.32 Å². The molecule has 3 aliphatic rings. The van der Waals surface area contributed by atoms with Gasteiger partial charge in [0.25, 0.3) is 5.56 Å². The van der Waals surface area contributed by atoms with Crippen LogP contribution in [0, 0.1) is 17.8 Å². The molecular weight excluding hydrogens is 394 g/mol. The zero-order valence-electron chi connectivity index (χ0n) is 17.5. The van der Waals surface area contributed by atoms with Crippen LogP contribution in [0.15, 0.2) is 47.3 Å². The number of aliphatic hydroxyl groups is 1.